The molecule has 0 heterocycles. The molecule has 0 spiro atoms. The second kappa shape index (κ2) is 5.83. The second-order valence-corrected chi connectivity index (χ2v) is 6.82. The first-order valence-electron chi connectivity index (χ1n) is 6.87. The van der Waals surface area contributed by atoms with Crippen molar-refractivity contribution >= 4 is 23.4 Å². The van der Waals surface area contributed by atoms with Gasteiger partial charge in [0.05, 0.1) is 6.61 Å². The van der Waals surface area contributed by atoms with E-state index in [1.54, 1.807) is 6.07 Å². The number of nitrogens with two attached hydrogens (primary N) is 1. The molecule has 1 amide bonds. The first-order valence-corrected chi connectivity index (χ1v) is 7.25. The molecular weight excluding hydrogens is 292 g/mol. The fourth-order valence-corrected chi connectivity index (χ4v) is 2.63. The molecule has 1 saturated carbocycles. The van der Waals surface area contributed by atoms with Gasteiger partial charge in [-0.3, -0.25) is 5.32 Å². The third kappa shape index (κ3) is 4.09. The average Bonchev–Trinajstić information content (AvgIpc) is 3.07. The van der Waals surface area contributed by atoms with E-state index in [-0.39, 0.29) is 5.41 Å². The Kier molecular flexibility index (Phi) is 4.46. The van der Waals surface area contributed by atoms with Crippen LogP contribution in [0.2, 0.25) is 5.02 Å². The van der Waals surface area contributed by atoms with Gasteiger partial charge in [0.25, 0.3) is 0 Å². The van der Waals surface area contributed by atoms with Crippen LogP contribution in [0.1, 0.15) is 39.2 Å². The van der Waals surface area contributed by atoms with Gasteiger partial charge in [0, 0.05) is 16.1 Å². The standard InChI is InChI=1S/C15H21ClN2O3/c1-14(2,3)21-13(19)18-10-4-5-11(12(16)8-10)15(6-7-15)9-20-17/h4-5,8H,6-7,9,17H2,1-3H3,(H,18,19). The Labute approximate surface area is 129 Å². The normalized spacial score (nSPS) is 16.4. The lowest BCUT2D eigenvalue weighted by atomic mass is 9.96. The summed E-state index contributed by atoms with van der Waals surface area (Å²) >= 11 is 6.32. The van der Waals surface area contributed by atoms with Crippen LogP contribution >= 0.6 is 11.6 Å². The summed E-state index contributed by atoms with van der Waals surface area (Å²) < 4.78 is 5.20. The van der Waals surface area contributed by atoms with E-state index in [0.29, 0.717) is 17.3 Å². The zero-order valence-electron chi connectivity index (χ0n) is 12.5. The quantitative estimate of drug-likeness (QED) is 0.833. The lowest BCUT2D eigenvalue weighted by Crippen LogP contribution is -2.27. The van der Waals surface area contributed by atoms with Gasteiger partial charge in [-0.15, -0.1) is 0 Å². The zero-order chi connectivity index (χ0) is 15.7. The van der Waals surface area contributed by atoms with Crippen molar-refractivity contribution in [2.75, 3.05) is 11.9 Å². The van der Waals surface area contributed by atoms with Crippen molar-refractivity contribution in [2.45, 2.75) is 44.6 Å². The van der Waals surface area contributed by atoms with Crippen molar-refractivity contribution in [1.29, 1.82) is 0 Å². The first kappa shape index (κ1) is 16.1. The van der Waals surface area contributed by atoms with Gasteiger partial charge in [-0.25, -0.2) is 10.7 Å². The summed E-state index contributed by atoms with van der Waals surface area (Å²) in [7, 11) is 0. The fourth-order valence-electron chi connectivity index (χ4n) is 2.25. The van der Waals surface area contributed by atoms with E-state index in [9.17, 15) is 4.79 Å². The van der Waals surface area contributed by atoms with Crippen LogP contribution in [0.4, 0.5) is 10.5 Å². The van der Waals surface area contributed by atoms with E-state index < -0.39 is 11.7 Å². The van der Waals surface area contributed by atoms with Gasteiger partial charge < -0.3 is 9.57 Å². The van der Waals surface area contributed by atoms with Gasteiger partial charge in [-0.2, -0.15) is 0 Å². The molecule has 3 N–H and O–H groups in total. The molecule has 0 bridgehead atoms. The largest absolute Gasteiger partial charge is 0.444 e. The highest BCUT2D eigenvalue weighted by Crippen LogP contribution is 2.50. The summed E-state index contributed by atoms with van der Waals surface area (Å²) in [6.07, 6.45) is 1.50. The van der Waals surface area contributed by atoms with E-state index in [1.807, 2.05) is 32.9 Å². The van der Waals surface area contributed by atoms with Gasteiger partial charge in [-0.1, -0.05) is 17.7 Å². The van der Waals surface area contributed by atoms with E-state index in [1.165, 1.54) is 0 Å². The number of halogens is 1. The molecule has 0 unspecified atom stereocenters. The number of rotatable bonds is 4. The summed E-state index contributed by atoms with van der Waals surface area (Å²) in [5.41, 5.74) is 0.993. The zero-order valence-corrected chi connectivity index (χ0v) is 13.3. The summed E-state index contributed by atoms with van der Waals surface area (Å²) in [6.45, 7) is 5.89. The number of carbonyl (C=O) groups excluding carboxylic acids is 1. The van der Waals surface area contributed by atoms with Crippen LogP contribution in [-0.4, -0.2) is 18.3 Å². The van der Waals surface area contributed by atoms with Crippen LogP contribution in [-0.2, 0) is 15.0 Å². The molecule has 1 fully saturated rings. The SMILES string of the molecule is CC(C)(C)OC(=O)Nc1ccc(C2(CON)CC2)c(Cl)c1. The fraction of sp³-hybridized carbons (Fsp3) is 0.533. The molecule has 0 aliphatic heterocycles. The molecule has 1 aliphatic rings. The third-order valence-corrected chi connectivity index (χ3v) is 3.71. The van der Waals surface area contributed by atoms with Gasteiger partial charge in [0.2, 0.25) is 0 Å². The summed E-state index contributed by atoms with van der Waals surface area (Å²) in [4.78, 5) is 16.5. The number of ether oxygens (including phenoxy) is 1. The van der Waals surface area contributed by atoms with Crippen molar-refractivity contribution in [3.63, 3.8) is 0 Å². The predicted octanol–water partition coefficient (Wildman–Crippen LogP) is 3.61. The van der Waals surface area contributed by atoms with E-state index in [4.69, 9.17) is 27.1 Å². The van der Waals surface area contributed by atoms with E-state index in [2.05, 4.69) is 5.32 Å². The van der Waals surface area contributed by atoms with Crippen LogP contribution in [0.25, 0.3) is 0 Å². The summed E-state index contributed by atoms with van der Waals surface area (Å²) in [5.74, 6) is 5.18. The summed E-state index contributed by atoms with van der Waals surface area (Å²) in [5, 5.41) is 3.26. The molecule has 0 radical (unpaired) electrons. The average molecular weight is 313 g/mol. The van der Waals surface area contributed by atoms with Crippen molar-refractivity contribution < 1.29 is 14.4 Å². The van der Waals surface area contributed by atoms with Crippen LogP contribution in [0.15, 0.2) is 18.2 Å². The lowest BCUT2D eigenvalue weighted by molar-refractivity contribution is 0.0636. The predicted molar refractivity (Wildman–Crippen MR) is 82.4 cm³/mol. The minimum atomic E-state index is -0.537. The maximum Gasteiger partial charge on any atom is 0.412 e. The monoisotopic (exact) mass is 312 g/mol. The molecule has 5 nitrogen and oxygen atoms in total. The smallest absolute Gasteiger partial charge is 0.412 e. The van der Waals surface area contributed by atoms with Crippen molar-refractivity contribution in [3.05, 3.63) is 28.8 Å². The molecule has 1 aromatic carbocycles. The molecule has 21 heavy (non-hydrogen) atoms. The minimum absolute atomic E-state index is 0.0731. The van der Waals surface area contributed by atoms with Gasteiger partial charge in [0.1, 0.15) is 5.60 Å². The molecule has 116 valence electrons. The Morgan fingerprint density at radius 3 is 2.57 bits per heavy atom. The maximum absolute atomic E-state index is 11.7. The highest BCUT2D eigenvalue weighted by molar-refractivity contribution is 6.31. The number of benzene rings is 1. The van der Waals surface area contributed by atoms with Gasteiger partial charge in [0.15, 0.2) is 0 Å². The topological polar surface area (TPSA) is 73.6 Å². The molecular formula is C15H21ClN2O3. The Morgan fingerprint density at radius 2 is 2.10 bits per heavy atom. The summed E-state index contributed by atoms with van der Waals surface area (Å²) in [6, 6.07) is 5.43. The maximum atomic E-state index is 11.7. The number of hydrogen-bond acceptors (Lipinski definition) is 4. The highest BCUT2D eigenvalue weighted by Gasteiger charge is 2.45. The minimum Gasteiger partial charge on any atom is -0.444 e. The van der Waals surface area contributed by atoms with Crippen molar-refractivity contribution in [3.8, 4) is 0 Å². The van der Waals surface area contributed by atoms with Crippen LogP contribution in [0, 0.1) is 0 Å². The van der Waals surface area contributed by atoms with Gasteiger partial charge in [-0.05, 0) is 51.3 Å². The van der Waals surface area contributed by atoms with E-state index >= 15 is 0 Å². The number of nitrogens with one attached hydrogen (secondary N) is 1. The molecule has 0 atom stereocenters. The number of hydrogen-bond donors (Lipinski definition) is 2. The lowest BCUT2D eigenvalue weighted by Gasteiger charge is -2.20. The number of anilines is 1. The molecule has 0 aromatic heterocycles. The number of amides is 1. The third-order valence-electron chi connectivity index (χ3n) is 3.40. The van der Waals surface area contributed by atoms with Crippen LogP contribution in [0.3, 0.4) is 0 Å². The molecule has 1 aromatic rings. The molecule has 1 aliphatic carbocycles. The molecule has 0 saturated heterocycles. The van der Waals surface area contributed by atoms with Crippen molar-refractivity contribution in [1.82, 2.24) is 0 Å². The van der Waals surface area contributed by atoms with Crippen LogP contribution < -0.4 is 11.2 Å². The Hall–Kier alpha value is -1.30. The van der Waals surface area contributed by atoms with Gasteiger partial charge >= 0.3 is 6.09 Å². The van der Waals surface area contributed by atoms with Crippen molar-refractivity contribution in [2.24, 2.45) is 5.90 Å². The van der Waals surface area contributed by atoms with E-state index in [0.717, 1.165) is 18.4 Å². The molecule has 6 heteroatoms. The first-order chi connectivity index (χ1) is 9.76. The van der Waals surface area contributed by atoms with Crippen LogP contribution in [0.5, 0.6) is 0 Å². The highest BCUT2D eigenvalue weighted by atomic mass is 35.5. The molecule has 2 rings (SSSR count). The Bertz CT molecular complexity index is 536. The Morgan fingerprint density at radius 1 is 1.43 bits per heavy atom. The Balaban J connectivity index is 2.08. The number of carbonyl (C=O) groups is 1. The second-order valence-electron chi connectivity index (χ2n) is 6.41.